The van der Waals surface area contributed by atoms with Crippen molar-refractivity contribution in [3.63, 3.8) is 0 Å². The van der Waals surface area contributed by atoms with Crippen molar-refractivity contribution < 1.29 is 19.1 Å². The van der Waals surface area contributed by atoms with Crippen molar-refractivity contribution in [2.24, 2.45) is 0 Å². The SMILES string of the molecule is CCc1c(N)cc(Cl)c(CC)c1NC(=O)N(Cc1ccc(OC)cc1)c1ccc(C(C)C)cc1.CCc1ccc(N(Cc2ccc(OC)cc2)C(=O)Nc2c(CC)c(N)cc(Cl)c2CC)cc1. The molecular weight excluding hydrogens is 880 g/mol. The van der Waals surface area contributed by atoms with Gasteiger partial charge in [0.15, 0.2) is 0 Å². The number of ether oxygens (including phenoxy) is 2. The molecule has 0 heterocycles. The monoisotopic (exact) mass is 944 g/mol. The van der Waals surface area contributed by atoms with E-state index < -0.39 is 0 Å². The lowest BCUT2D eigenvalue weighted by atomic mass is 10.0. The molecule has 0 bridgehead atoms. The molecule has 10 nitrogen and oxygen atoms in total. The topological polar surface area (TPSA) is 135 Å². The Hall–Kier alpha value is -6.36. The first kappa shape index (κ1) is 51.6. The van der Waals surface area contributed by atoms with Gasteiger partial charge in [-0.3, -0.25) is 9.80 Å². The molecule has 0 saturated heterocycles. The van der Waals surface area contributed by atoms with Gasteiger partial charge in [0.2, 0.25) is 0 Å². The number of hydrogen-bond donors (Lipinski definition) is 4. The molecule has 0 aliphatic rings. The third-order valence-corrected chi connectivity index (χ3v) is 12.6. The van der Waals surface area contributed by atoms with Crippen molar-refractivity contribution >= 4 is 69.4 Å². The maximum atomic E-state index is 13.7. The molecule has 0 spiro atoms. The van der Waals surface area contributed by atoms with Crippen LogP contribution >= 0.6 is 23.2 Å². The molecule has 6 rings (SSSR count). The minimum Gasteiger partial charge on any atom is -0.497 e. The number of urea groups is 2. The number of amides is 4. The number of nitrogens with two attached hydrogens (primary N) is 2. The van der Waals surface area contributed by atoms with E-state index in [4.69, 9.17) is 44.1 Å². The number of rotatable bonds is 16. The predicted molar refractivity (Wildman–Crippen MR) is 282 cm³/mol. The van der Waals surface area contributed by atoms with Gasteiger partial charge in [0, 0.05) is 32.8 Å². The molecule has 0 aliphatic carbocycles. The average Bonchev–Trinajstić information content (AvgIpc) is 3.33. The summed E-state index contributed by atoms with van der Waals surface area (Å²) in [6.07, 6.45) is 3.68. The van der Waals surface area contributed by atoms with Crippen LogP contribution in [0.25, 0.3) is 0 Å². The van der Waals surface area contributed by atoms with Crippen LogP contribution in [0.4, 0.5) is 43.7 Å². The minimum atomic E-state index is -0.237. The van der Waals surface area contributed by atoms with Gasteiger partial charge in [0.05, 0.1) is 38.7 Å². The van der Waals surface area contributed by atoms with E-state index in [-0.39, 0.29) is 12.1 Å². The zero-order valence-electron chi connectivity index (χ0n) is 40.4. The van der Waals surface area contributed by atoms with E-state index in [1.165, 1.54) is 11.1 Å². The Morgan fingerprint density at radius 1 is 0.522 bits per heavy atom. The maximum Gasteiger partial charge on any atom is 0.326 e. The molecule has 6 aromatic rings. The highest BCUT2D eigenvalue weighted by molar-refractivity contribution is 6.32. The Balaban J connectivity index is 0.000000251. The fraction of sp³-hybridized carbons (Fsp3) is 0.309. The van der Waals surface area contributed by atoms with Gasteiger partial charge in [-0.15, -0.1) is 0 Å². The van der Waals surface area contributed by atoms with Crippen molar-refractivity contribution in [1.29, 1.82) is 0 Å². The number of anilines is 6. The van der Waals surface area contributed by atoms with Crippen LogP contribution in [0.3, 0.4) is 0 Å². The summed E-state index contributed by atoms with van der Waals surface area (Å²) in [5.41, 5.74) is 24.7. The van der Waals surface area contributed by atoms with Gasteiger partial charge in [0.25, 0.3) is 0 Å². The molecule has 354 valence electrons. The van der Waals surface area contributed by atoms with Crippen LogP contribution in [0.15, 0.2) is 109 Å². The van der Waals surface area contributed by atoms with Crippen LogP contribution < -0.4 is 41.4 Å². The lowest BCUT2D eigenvalue weighted by molar-refractivity contribution is 0.256. The Morgan fingerprint density at radius 3 is 1.18 bits per heavy atom. The van der Waals surface area contributed by atoms with E-state index in [2.05, 4.69) is 55.7 Å². The summed E-state index contributed by atoms with van der Waals surface area (Å²) in [6, 6.07) is 34.7. The van der Waals surface area contributed by atoms with Crippen molar-refractivity contribution in [2.75, 3.05) is 46.1 Å². The molecule has 0 radical (unpaired) electrons. The summed E-state index contributed by atoms with van der Waals surface area (Å²) < 4.78 is 10.5. The Labute approximate surface area is 407 Å². The molecule has 12 heteroatoms. The third kappa shape index (κ3) is 13.0. The number of nitrogens with one attached hydrogen (secondary N) is 2. The van der Waals surface area contributed by atoms with E-state index in [9.17, 15) is 9.59 Å². The van der Waals surface area contributed by atoms with E-state index >= 15 is 0 Å². The van der Waals surface area contributed by atoms with Crippen LogP contribution in [-0.4, -0.2) is 26.3 Å². The van der Waals surface area contributed by atoms with Crippen molar-refractivity contribution in [3.8, 4) is 11.5 Å². The Bertz CT molecular complexity index is 2530. The molecule has 0 aromatic heterocycles. The summed E-state index contributed by atoms with van der Waals surface area (Å²) in [6.45, 7) is 15.3. The summed E-state index contributed by atoms with van der Waals surface area (Å²) in [4.78, 5) is 30.9. The Kier molecular flexibility index (Phi) is 18.8. The van der Waals surface area contributed by atoms with Gasteiger partial charge in [-0.2, -0.15) is 0 Å². The second-order valence-corrected chi connectivity index (χ2v) is 17.3. The smallest absolute Gasteiger partial charge is 0.326 e. The number of hydrogen-bond acceptors (Lipinski definition) is 6. The summed E-state index contributed by atoms with van der Waals surface area (Å²) >= 11 is 13.0. The van der Waals surface area contributed by atoms with E-state index in [0.717, 1.165) is 62.7 Å². The number of methoxy groups -OCH3 is 2. The zero-order chi connectivity index (χ0) is 48.8. The standard InChI is InChI=1S/C28H34ClN3O2.C27H32ClN3O2/c1-6-23-25(29)16-26(30)24(7-2)27(23)31-28(33)32(17-19-8-14-22(34-5)15-9-19)21-12-10-20(11-13-21)18(3)4;1-5-18-8-12-20(13-9-18)31(17-19-10-14-21(33-4)15-11-19)27(32)30-26-22(6-2)24(28)16-25(29)23(26)7-3/h8-16,18H,6-7,17,30H2,1-5H3,(H,31,33);8-16H,5-7,17,29H2,1-4H3,(H,30,32). The first-order chi connectivity index (χ1) is 32.2. The van der Waals surface area contributed by atoms with Crippen molar-refractivity contribution in [1.82, 2.24) is 0 Å². The number of aryl methyl sites for hydroxylation is 1. The molecule has 0 aliphatic heterocycles. The van der Waals surface area contributed by atoms with Crippen LogP contribution in [-0.2, 0) is 45.2 Å². The molecule has 67 heavy (non-hydrogen) atoms. The molecule has 0 saturated carbocycles. The number of benzene rings is 6. The normalized spacial score (nSPS) is 10.8. The van der Waals surface area contributed by atoms with Crippen LogP contribution in [0, 0.1) is 0 Å². The van der Waals surface area contributed by atoms with Gasteiger partial charge in [-0.05, 0) is 143 Å². The molecule has 0 unspecified atom stereocenters. The van der Waals surface area contributed by atoms with Crippen molar-refractivity contribution in [3.05, 3.63) is 164 Å². The van der Waals surface area contributed by atoms with Gasteiger partial charge < -0.3 is 31.6 Å². The Morgan fingerprint density at radius 2 is 0.866 bits per heavy atom. The fourth-order valence-corrected chi connectivity index (χ4v) is 8.65. The quantitative estimate of drug-likeness (QED) is 0.0714. The number of nitrogens with zero attached hydrogens (tertiary/aromatic N) is 2. The van der Waals surface area contributed by atoms with Crippen molar-refractivity contribution in [2.45, 2.75) is 99.6 Å². The molecule has 4 amide bonds. The van der Waals surface area contributed by atoms with Crippen LogP contribution in [0.1, 0.15) is 98.9 Å². The molecule has 6 N–H and O–H groups in total. The number of halogens is 2. The molecule has 6 aromatic carbocycles. The summed E-state index contributed by atoms with van der Waals surface area (Å²) in [5, 5.41) is 7.40. The number of carbonyl (C=O) groups is 2. The molecule has 0 fully saturated rings. The highest BCUT2D eigenvalue weighted by Crippen LogP contribution is 2.37. The van der Waals surface area contributed by atoms with Crippen LogP contribution in [0.5, 0.6) is 11.5 Å². The largest absolute Gasteiger partial charge is 0.497 e. The van der Waals surface area contributed by atoms with E-state index in [0.29, 0.717) is 77.5 Å². The lowest BCUT2D eigenvalue weighted by Crippen LogP contribution is -2.35. The van der Waals surface area contributed by atoms with E-state index in [1.807, 2.05) is 100 Å². The minimum absolute atomic E-state index is 0.235. The highest BCUT2D eigenvalue weighted by Gasteiger charge is 2.24. The summed E-state index contributed by atoms with van der Waals surface area (Å²) in [5.74, 6) is 1.96. The lowest BCUT2D eigenvalue weighted by Gasteiger charge is -2.26. The summed E-state index contributed by atoms with van der Waals surface area (Å²) in [7, 11) is 3.27. The van der Waals surface area contributed by atoms with Gasteiger partial charge in [0.1, 0.15) is 11.5 Å². The predicted octanol–water partition coefficient (Wildman–Crippen LogP) is 14.3. The number of carbonyl (C=O) groups excluding carboxylic acids is 2. The fourth-order valence-electron chi connectivity index (χ4n) is 7.96. The van der Waals surface area contributed by atoms with Gasteiger partial charge in [-0.25, -0.2) is 9.59 Å². The second kappa shape index (κ2) is 24.4. The zero-order valence-corrected chi connectivity index (χ0v) is 41.9. The average molecular weight is 946 g/mol. The maximum absolute atomic E-state index is 13.7. The third-order valence-electron chi connectivity index (χ3n) is 11.9. The van der Waals surface area contributed by atoms with Crippen LogP contribution in [0.2, 0.25) is 10.0 Å². The van der Waals surface area contributed by atoms with Gasteiger partial charge >= 0.3 is 12.1 Å². The first-order valence-corrected chi connectivity index (χ1v) is 23.8. The van der Waals surface area contributed by atoms with Gasteiger partial charge in [-0.1, -0.05) is 120 Å². The molecule has 0 atom stereocenters. The van der Waals surface area contributed by atoms with E-state index in [1.54, 1.807) is 36.2 Å². The first-order valence-electron chi connectivity index (χ1n) is 23.0. The number of nitrogen functional groups attached to an aromatic ring is 2. The molecular formula is C55H66Cl2N6O4. The highest BCUT2D eigenvalue weighted by atomic mass is 35.5. The second-order valence-electron chi connectivity index (χ2n) is 16.5.